The van der Waals surface area contributed by atoms with E-state index in [-0.39, 0.29) is 11.2 Å². The molecular weight excluding hydrogens is 272 g/mol. The van der Waals surface area contributed by atoms with Gasteiger partial charge in [-0.15, -0.1) is 0 Å². The van der Waals surface area contributed by atoms with E-state index in [2.05, 4.69) is 20.3 Å². The lowest BCUT2D eigenvalue weighted by Gasteiger charge is -2.10. The number of hydrogen-bond donors (Lipinski definition) is 1. The fourth-order valence-electron chi connectivity index (χ4n) is 2.22. The maximum atomic E-state index is 11.3. The Balaban J connectivity index is 2.11. The molecule has 0 fully saturated rings. The van der Waals surface area contributed by atoms with Crippen LogP contribution in [-0.2, 0) is 0 Å². The fourth-order valence-corrected chi connectivity index (χ4v) is 2.22. The normalized spacial score (nSPS) is 10.8. The maximum absolute atomic E-state index is 11.3. The van der Waals surface area contributed by atoms with E-state index in [4.69, 9.17) is 0 Å². The first-order chi connectivity index (χ1) is 10.1. The summed E-state index contributed by atoms with van der Waals surface area (Å²) in [6.07, 6.45) is 0. The quantitative estimate of drug-likeness (QED) is 0.584. The van der Waals surface area contributed by atoms with Crippen molar-refractivity contribution in [2.24, 2.45) is 0 Å². The van der Waals surface area contributed by atoms with E-state index < -0.39 is 4.92 Å². The van der Waals surface area contributed by atoms with Crippen LogP contribution >= 0.6 is 0 Å². The molecule has 1 N–H and O–H groups in total. The second-order valence-corrected chi connectivity index (χ2v) is 4.79. The smallest absolute Gasteiger partial charge is 0.323 e. The number of aromatic nitrogens is 2. The van der Waals surface area contributed by atoms with Crippen molar-refractivity contribution in [3.05, 3.63) is 51.6 Å². The number of aryl methyl sites for hydroxylation is 2. The van der Waals surface area contributed by atoms with E-state index in [0.29, 0.717) is 11.2 Å². The summed E-state index contributed by atoms with van der Waals surface area (Å²) >= 11 is 0. The van der Waals surface area contributed by atoms with E-state index in [1.807, 2.05) is 32.0 Å². The van der Waals surface area contributed by atoms with Crippen LogP contribution in [0.4, 0.5) is 17.1 Å². The van der Waals surface area contributed by atoms with Gasteiger partial charge in [0.25, 0.3) is 0 Å². The summed E-state index contributed by atoms with van der Waals surface area (Å²) in [5.74, 6) is 0. The van der Waals surface area contributed by atoms with Crippen LogP contribution < -0.4 is 5.32 Å². The number of nitro groups is 1. The Morgan fingerprint density at radius 3 is 2.62 bits per heavy atom. The minimum absolute atomic E-state index is 0.134. The molecule has 3 aromatic rings. The third-order valence-electron chi connectivity index (χ3n) is 3.24. The molecule has 0 atom stereocenters. The van der Waals surface area contributed by atoms with Gasteiger partial charge in [0, 0.05) is 5.69 Å². The van der Waals surface area contributed by atoms with Crippen LogP contribution in [-0.4, -0.2) is 15.2 Å². The van der Waals surface area contributed by atoms with Gasteiger partial charge in [0.2, 0.25) is 5.52 Å². The number of nitrogens with zero attached hydrogens (tertiary/aromatic N) is 3. The first-order valence-corrected chi connectivity index (χ1v) is 6.30. The summed E-state index contributed by atoms with van der Waals surface area (Å²) in [5, 5.41) is 21.6. The lowest BCUT2D eigenvalue weighted by Crippen LogP contribution is -1.99. The Labute approximate surface area is 119 Å². The van der Waals surface area contributed by atoms with Crippen LogP contribution in [0.1, 0.15) is 11.1 Å². The summed E-state index contributed by atoms with van der Waals surface area (Å²) in [4.78, 5) is 10.8. The number of benzene rings is 2. The van der Waals surface area contributed by atoms with Crippen molar-refractivity contribution in [2.45, 2.75) is 13.8 Å². The first-order valence-electron chi connectivity index (χ1n) is 6.30. The second-order valence-electron chi connectivity index (χ2n) is 4.79. The fraction of sp³-hybridized carbons (Fsp3) is 0.143. The molecule has 0 aliphatic heterocycles. The van der Waals surface area contributed by atoms with Gasteiger partial charge in [0.15, 0.2) is 0 Å². The van der Waals surface area contributed by atoms with Gasteiger partial charge in [-0.25, -0.2) is 4.63 Å². The van der Waals surface area contributed by atoms with Gasteiger partial charge in [-0.05, 0) is 47.9 Å². The Morgan fingerprint density at radius 2 is 1.90 bits per heavy atom. The van der Waals surface area contributed by atoms with Crippen LogP contribution in [0.25, 0.3) is 11.0 Å². The molecule has 0 aliphatic rings. The van der Waals surface area contributed by atoms with Gasteiger partial charge >= 0.3 is 5.69 Å². The highest BCUT2D eigenvalue weighted by atomic mass is 16.6. The third-order valence-corrected chi connectivity index (χ3v) is 3.24. The number of anilines is 2. The number of fused-ring (bicyclic) bond motifs is 1. The summed E-state index contributed by atoms with van der Waals surface area (Å²) < 4.78 is 4.57. The zero-order chi connectivity index (χ0) is 15.0. The van der Waals surface area contributed by atoms with Gasteiger partial charge in [0.05, 0.1) is 4.92 Å². The van der Waals surface area contributed by atoms with E-state index in [9.17, 15) is 10.1 Å². The molecule has 0 saturated heterocycles. The van der Waals surface area contributed by atoms with Crippen LogP contribution in [0.15, 0.2) is 35.0 Å². The highest BCUT2D eigenvalue weighted by molar-refractivity contribution is 5.92. The van der Waals surface area contributed by atoms with Crippen LogP contribution in [0, 0.1) is 24.0 Å². The van der Waals surface area contributed by atoms with Gasteiger partial charge in [-0.2, -0.15) is 0 Å². The van der Waals surface area contributed by atoms with Gasteiger partial charge < -0.3 is 5.32 Å². The van der Waals surface area contributed by atoms with Crippen molar-refractivity contribution in [1.82, 2.24) is 10.3 Å². The van der Waals surface area contributed by atoms with Crippen LogP contribution in [0.3, 0.4) is 0 Å². The molecule has 3 rings (SSSR count). The summed E-state index contributed by atoms with van der Waals surface area (Å²) in [6.45, 7) is 3.93. The van der Waals surface area contributed by atoms with E-state index in [0.717, 1.165) is 16.8 Å². The van der Waals surface area contributed by atoms with E-state index in [1.165, 1.54) is 0 Å². The average Bonchev–Trinajstić information content (AvgIpc) is 2.89. The highest BCUT2D eigenvalue weighted by Gasteiger charge is 2.22. The van der Waals surface area contributed by atoms with Gasteiger partial charge in [-0.1, -0.05) is 17.7 Å². The largest absolute Gasteiger partial charge is 0.350 e. The lowest BCUT2D eigenvalue weighted by molar-refractivity contribution is -0.382. The molecule has 0 saturated carbocycles. The van der Waals surface area contributed by atoms with Crippen molar-refractivity contribution in [1.29, 1.82) is 0 Å². The Kier molecular flexibility index (Phi) is 3.02. The molecule has 0 aliphatic carbocycles. The predicted octanol–water partition coefficient (Wildman–Crippen LogP) is 3.49. The molecule has 7 heteroatoms. The number of hydrogen-bond acceptors (Lipinski definition) is 6. The van der Waals surface area contributed by atoms with Crippen molar-refractivity contribution in [3.63, 3.8) is 0 Å². The SMILES string of the molecule is Cc1ccc(Nc2ccc3nonc3c2[N+](=O)[O-])c(C)c1. The lowest BCUT2D eigenvalue weighted by atomic mass is 10.1. The molecule has 106 valence electrons. The zero-order valence-electron chi connectivity index (χ0n) is 11.5. The summed E-state index contributed by atoms with van der Waals surface area (Å²) in [6, 6.07) is 9.07. The Bertz CT molecular complexity index is 841. The van der Waals surface area contributed by atoms with Crippen molar-refractivity contribution in [3.8, 4) is 0 Å². The van der Waals surface area contributed by atoms with Crippen molar-refractivity contribution < 1.29 is 9.55 Å². The number of nitro benzene ring substituents is 1. The Morgan fingerprint density at radius 1 is 1.14 bits per heavy atom. The topological polar surface area (TPSA) is 94.1 Å². The monoisotopic (exact) mass is 284 g/mol. The maximum Gasteiger partial charge on any atom is 0.323 e. The van der Waals surface area contributed by atoms with E-state index in [1.54, 1.807) is 12.1 Å². The van der Waals surface area contributed by atoms with Gasteiger partial charge in [-0.3, -0.25) is 10.1 Å². The minimum atomic E-state index is -0.488. The molecule has 0 bridgehead atoms. The molecule has 1 heterocycles. The molecule has 7 nitrogen and oxygen atoms in total. The molecule has 21 heavy (non-hydrogen) atoms. The number of rotatable bonds is 3. The third kappa shape index (κ3) is 2.29. The summed E-state index contributed by atoms with van der Waals surface area (Å²) in [7, 11) is 0. The van der Waals surface area contributed by atoms with Crippen molar-refractivity contribution in [2.75, 3.05) is 5.32 Å². The van der Waals surface area contributed by atoms with Gasteiger partial charge in [0.1, 0.15) is 11.2 Å². The predicted molar refractivity (Wildman–Crippen MR) is 77.7 cm³/mol. The molecule has 1 aromatic heterocycles. The van der Waals surface area contributed by atoms with Crippen LogP contribution in [0.2, 0.25) is 0 Å². The van der Waals surface area contributed by atoms with E-state index >= 15 is 0 Å². The highest BCUT2D eigenvalue weighted by Crippen LogP contribution is 2.34. The Hall–Kier alpha value is -2.96. The second kappa shape index (κ2) is 4.86. The first kappa shape index (κ1) is 13.0. The molecular formula is C14H12N4O3. The summed E-state index contributed by atoms with van der Waals surface area (Å²) in [5.41, 5.74) is 3.64. The number of nitrogens with one attached hydrogen (secondary N) is 1. The molecule has 2 aromatic carbocycles. The minimum Gasteiger partial charge on any atom is -0.350 e. The molecule has 0 amide bonds. The average molecular weight is 284 g/mol. The standard InChI is InChI=1S/C14H12N4O3/c1-8-3-4-10(9(2)7-8)15-12-6-5-11-13(17-21-16-11)14(12)18(19)20/h3-7,15H,1-2H3. The molecule has 0 unspecified atom stereocenters. The van der Waals surface area contributed by atoms with Crippen molar-refractivity contribution >= 4 is 28.1 Å². The molecule has 0 spiro atoms. The van der Waals surface area contributed by atoms with Crippen LogP contribution in [0.5, 0.6) is 0 Å². The molecule has 0 radical (unpaired) electrons. The zero-order valence-corrected chi connectivity index (χ0v) is 11.5.